The molecule has 0 radical (unpaired) electrons. The molecule has 0 aliphatic rings. The van der Waals surface area contributed by atoms with E-state index in [-0.39, 0.29) is 0 Å². The van der Waals surface area contributed by atoms with E-state index in [2.05, 4.69) is 4.98 Å². The molecule has 0 atom stereocenters. The van der Waals surface area contributed by atoms with Crippen molar-refractivity contribution in [1.29, 1.82) is 5.26 Å². The number of nitrogens with zero attached hydrogens (tertiary/aromatic N) is 2. The summed E-state index contributed by atoms with van der Waals surface area (Å²) in [6, 6.07) is 5.44. The first-order chi connectivity index (χ1) is 5.88. The molecule has 12 heavy (non-hydrogen) atoms. The maximum Gasteiger partial charge on any atom is 0.182 e. The summed E-state index contributed by atoms with van der Waals surface area (Å²) in [4.78, 5) is 3.85. The van der Waals surface area contributed by atoms with Crippen LogP contribution in [-0.2, 0) is 0 Å². The van der Waals surface area contributed by atoms with Crippen LogP contribution in [0.5, 0.6) is 5.75 Å². The second-order valence-electron chi connectivity index (χ2n) is 2.01. The molecule has 0 N–H and O–H groups in total. The minimum absolute atomic E-state index is 0.339. The Morgan fingerprint density at radius 2 is 2.58 bits per heavy atom. The van der Waals surface area contributed by atoms with Gasteiger partial charge in [0.25, 0.3) is 0 Å². The number of hydrogen-bond acceptors (Lipinski definition) is 4. The van der Waals surface area contributed by atoms with Crippen LogP contribution in [-0.4, -0.2) is 17.2 Å². The summed E-state index contributed by atoms with van der Waals surface area (Å²) in [5.41, 5.74) is 0.339. The van der Waals surface area contributed by atoms with Gasteiger partial charge in [-0.2, -0.15) is 5.26 Å². The van der Waals surface area contributed by atoms with Crippen molar-refractivity contribution in [2.75, 3.05) is 12.2 Å². The highest BCUT2D eigenvalue weighted by molar-refractivity contribution is 7.98. The fourth-order valence-corrected chi connectivity index (χ4v) is 0.958. The van der Waals surface area contributed by atoms with E-state index in [1.54, 1.807) is 30.1 Å². The van der Waals surface area contributed by atoms with Gasteiger partial charge >= 0.3 is 0 Å². The van der Waals surface area contributed by atoms with Gasteiger partial charge in [-0.1, -0.05) is 0 Å². The summed E-state index contributed by atoms with van der Waals surface area (Å²) in [5.74, 6) is 1.09. The molecule has 4 heteroatoms. The molecule has 0 fully saturated rings. The quantitative estimate of drug-likeness (QED) is 0.663. The van der Waals surface area contributed by atoms with Gasteiger partial charge in [-0.3, -0.25) is 0 Å². The highest BCUT2D eigenvalue weighted by Gasteiger charge is 2.01. The van der Waals surface area contributed by atoms with Crippen molar-refractivity contribution >= 4 is 11.8 Å². The summed E-state index contributed by atoms with van der Waals surface area (Å²) in [6.07, 6.45) is 3.51. The first kappa shape index (κ1) is 8.88. The third-order valence-corrected chi connectivity index (χ3v) is 1.56. The minimum Gasteiger partial charge on any atom is -0.480 e. The van der Waals surface area contributed by atoms with Crippen molar-refractivity contribution < 1.29 is 4.74 Å². The Bertz CT molecular complexity index is 295. The van der Waals surface area contributed by atoms with Crippen LogP contribution in [0.25, 0.3) is 0 Å². The molecule has 0 unspecified atom stereocenters. The normalized spacial score (nSPS) is 9.00. The highest BCUT2D eigenvalue weighted by atomic mass is 32.2. The third-order valence-electron chi connectivity index (χ3n) is 1.21. The van der Waals surface area contributed by atoms with Crippen molar-refractivity contribution in [3.8, 4) is 11.8 Å². The molecule has 0 aliphatic heterocycles. The zero-order valence-corrected chi connectivity index (χ0v) is 7.47. The first-order valence-corrected chi connectivity index (χ1v) is 4.74. The van der Waals surface area contributed by atoms with Crippen LogP contribution in [0, 0.1) is 11.3 Å². The molecule has 0 saturated heterocycles. The number of nitriles is 1. The Balaban J connectivity index is 2.77. The van der Waals surface area contributed by atoms with Gasteiger partial charge in [0.2, 0.25) is 0 Å². The van der Waals surface area contributed by atoms with E-state index in [1.165, 1.54) is 0 Å². The average Bonchev–Trinajstić information content (AvgIpc) is 2.15. The van der Waals surface area contributed by atoms with Gasteiger partial charge in [-0.05, 0) is 18.4 Å². The van der Waals surface area contributed by atoms with E-state index in [1.807, 2.05) is 12.3 Å². The van der Waals surface area contributed by atoms with Crippen LogP contribution in [0.15, 0.2) is 18.3 Å². The van der Waals surface area contributed by atoms with E-state index in [4.69, 9.17) is 10.00 Å². The summed E-state index contributed by atoms with van der Waals surface area (Å²) >= 11 is 1.56. The topological polar surface area (TPSA) is 45.9 Å². The Morgan fingerprint density at radius 1 is 1.75 bits per heavy atom. The largest absolute Gasteiger partial charge is 0.480 e. The van der Waals surface area contributed by atoms with Gasteiger partial charge in [-0.25, -0.2) is 4.98 Å². The predicted octanol–water partition coefficient (Wildman–Crippen LogP) is 1.65. The van der Waals surface area contributed by atoms with Crippen LogP contribution in [0.3, 0.4) is 0 Å². The van der Waals surface area contributed by atoms with Crippen LogP contribution in [0.1, 0.15) is 5.69 Å². The van der Waals surface area contributed by atoms with Crippen molar-refractivity contribution in [2.24, 2.45) is 0 Å². The van der Waals surface area contributed by atoms with Crippen LogP contribution < -0.4 is 4.74 Å². The van der Waals surface area contributed by atoms with Gasteiger partial charge in [0, 0.05) is 6.20 Å². The second kappa shape index (κ2) is 4.62. The Kier molecular flexibility index (Phi) is 3.42. The average molecular weight is 180 g/mol. The number of rotatable bonds is 3. The second-order valence-corrected chi connectivity index (χ2v) is 2.83. The fraction of sp³-hybridized carbons (Fsp3) is 0.250. The number of pyridine rings is 1. The van der Waals surface area contributed by atoms with Crippen LogP contribution in [0.2, 0.25) is 0 Å². The standard InChI is InChI=1S/C8H8N2OS/c1-12-6-11-8-3-2-4-10-7(8)5-9/h2-4H,6H2,1H3. The van der Waals surface area contributed by atoms with E-state index in [0.717, 1.165) is 0 Å². The lowest BCUT2D eigenvalue weighted by Gasteiger charge is -2.03. The van der Waals surface area contributed by atoms with Gasteiger partial charge < -0.3 is 4.74 Å². The van der Waals surface area contributed by atoms with Crippen molar-refractivity contribution in [3.05, 3.63) is 24.0 Å². The summed E-state index contributed by atoms with van der Waals surface area (Å²) in [5, 5.41) is 8.62. The molecule has 0 aromatic carbocycles. The Hall–Kier alpha value is -1.21. The molecule has 0 saturated carbocycles. The monoisotopic (exact) mass is 180 g/mol. The van der Waals surface area contributed by atoms with Gasteiger partial charge in [0.05, 0.1) is 0 Å². The first-order valence-electron chi connectivity index (χ1n) is 3.35. The number of thioether (sulfide) groups is 1. The molecule has 62 valence electrons. The van der Waals surface area contributed by atoms with Gasteiger partial charge in [-0.15, -0.1) is 11.8 Å². The molecule has 0 spiro atoms. The lowest BCUT2D eigenvalue weighted by atomic mass is 10.3. The van der Waals surface area contributed by atoms with E-state index < -0.39 is 0 Å². The smallest absolute Gasteiger partial charge is 0.182 e. The molecule has 0 aliphatic carbocycles. The van der Waals surface area contributed by atoms with Crippen LogP contribution in [0.4, 0.5) is 0 Å². The zero-order chi connectivity index (χ0) is 8.81. The van der Waals surface area contributed by atoms with Gasteiger partial charge in [0.15, 0.2) is 11.4 Å². The Morgan fingerprint density at radius 3 is 3.25 bits per heavy atom. The number of ether oxygens (including phenoxy) is 1. The Labute approximate surface area is 75.4 Å². The summed E-state index contributed by atoms with van der Waals surface area (Å²) in [6.45, 7) is 0. The lowest BCUT2D eigenvalue weighted by molar-refractivity contribution is 0.390. The summed E-state index contributed by atoms with van der Waals surface area (Å²) in [7, 11) is 0. The summed E-state index contributed by atoms with van der Waals surface area (Å²) < 4.78 is 5.26. The van der Waals surface area contributed by atoms with Crippen molar-refractivity contribution in [1.82, 2.24) is 4.98 Å². The van der Waals surface area contributed by atoms with Crippen LogP contribution >= 0.6 is 11.8 Å². The minimum atomic E-state index is 0.339. The molecule has 1 rings (SSSR count). The van der Waals surface area contributed by atoms with E-state index in [0.29, 0.717) is 17.4 Å². The molecule has 0 bridgehead atoms. The molecule has 0 amide bonds. The molecular formula is C8H8N2OS. The maximum absolute atomic E-state index is 8.62. The lowest BCUT2D eigenvalue weighted by Crippen LogP contribution is -1.95. The predicted molar refractivity (Wildman–Crippen MR) is 48.0 cm³/mol. The fourth-order valence-electron chi connectivity index (χ4n) is 0.713. The van der Waals surface area contributed by atoms with Crippen molar-refractivity contribution in [2.45, 2.75) is 0 Å². The molecule has 1 aromatic rings. The number of hydrogen-bond donors (Lipinski definition) is 0. The van der Waals surface area contributed by atoms with Crippen molar-refractivity contribution in [3.63, 3.8) is 0 Å². The molecule has 1 aromatic heterocycles. The van der Waals surface area contributed by atoms with E-state index in [9.17, 15) is 0 Å². The van der Waals surface area contributed by atoms with Gasteiger partial charge in [0.1, 0.15) is 12.0 Å². The van der Waals surface area contributed by atoms with E-state index >= 15 is 0 Å². The SMILES string of the molecule is CSCOc1cccnc1C#N. The molecular weight excluding hydrogens is 172 g/mol. The molecule has 1 heterocycles. The highest BCUT2D eigenvalue weighted by Crippen LogP contribution is 2.14. The zero-order valence-electron chi connectivity index (χ0n) is 6.65. The third kappa shape index (κ3) is 2.14. The number of aromatic nitrogens is 1. The molecule has 3 nitrogen and oxygen atoms in total. The maximum atomic E-state index is 8.62.